The monoisotopic (exact) mass is 334 g/mol. The van der Waals surface area contributed by atoms with Gasteiger partial charge in [0.05, 0.1) is 13.2 Å². The minimum Gasteiger partial charge on any atom is -0.382 e. The van der Waals surface area contributed by atoms with Crippen LogP contribution in [0.2, 0.25) is 0 Å². The van der Waals surface area contributed by atoms with Crippen LogP contribution >= 0.6 is 0 Å². The van der Waals surface area contributed by atoms with Gasteiger partial charge in [-0.15, -0.1) is 0 Å². The molecule has 0 aliphatic heterocycles. The first kappa shape index (κ1) is 27.2. The Bertz CT molecular complexity index is 357. The highest BCUT2D eigenvalue weighted by atomic mass is 16.5. The van der Waals surface area contributed by atoms with Crippen LogP contribution in [0.15, 0.2) is 60.7 Å². The highest BCUT2D eigenvalue weighted by molar-refractivity contribution is 5.62. The summed E-state index contributed by atoms with van der Waals surface area (Å²) >= 11 is 0. The molecule has 138 valence electrons. The number of methoxy groups -OCH3 is 2. The van der Waals surface area contributed by atoms with E-state index in [4.69, 9.17) is 0 Å². The molecule has 0 aromatic heterocycles. The van der Waals surface area contributed by atoms with Crippen LogP contribution in [0.4, 0.5) is 0 Å². The average molecular weight is 335 g/mol. The molecule has 0 saturated heterocycles. The molecule has 2 aromatic rings. The van der Waals surface area contributed by atoms with Crippen molar-refractivity contribution < 1.29 is 9.47 Å². The maximum absolute atomic E-state index is 4.66. The summed E-state index contributed by atoms with van der Waals surface area (Å²) < 4.78 is 9.31. The smallest absolute Gasteiger partial charge is 0.0696 e. The van der Waals surface area contributed by atoms with E-state index in [1.54, 1.807) is 14.2 Å². The van der Waals surface area contributed by atoms with E-state index in [0.717, 1.165) is 0 Å². The number of benzene rings is 2. The second-order valence-corrected chi connectivity index (χ2v) is 3.72. The Labute approximate surface area is 150 Å². The summed E-state index contributed by atoms with van der Waals surface area (Å²) in [5.74, 6) is 0. The third kappa shape index (κ3) is 16.7. The molecule has 0 aliphatic carbocycles. The highest BCUT2D eigenvalue weighted by Gasteiger charge is 1.91. The molecule has 0 amide bonds. The van der Waals surface area contributed by atoms with E-state index < -0.39 is 0 Å². The standard InChI is InChI=1S/C12H10.C4H10O2.3C2H6/c1-3-7-11(8-4-1)12-9-5-2-6-10-12;1-5-3-4-6-2;3*1-2/h1-10H;3-4H2,1-2H3;3*1-2H3. The van der Waals surface area contributed by atoms with Gasteiger partial charge in [0.15, 0.2) is 0 Å². The fourth-order valence-electron chi connectivity index (χ4n) is 1.43. The fraction of sp³-hybridized carbons (Fsp3) is 0.455. The predicted octanol–water partition coefficient (Wildman–Crippen LogP) is 6.71. The summed E-state index contributed by atoms with van der Waals surface area (Å²) in [5.41, 5.74) is 2.55. The van der Waals surface area contributed by atoms with Crippen molar-refractivity contribution in [2.75, 3.05) is 27.4 Å². The minimum atomic E-state index is 0.691. The Morgan fingerprint density at radius 1 is 0.500 bits per heavy atom. The minimum absolute atomic E-state index is 0.691. The van der Waals surface area contributed by atoms with Gasteiger partial charge >= 0.3 is 0 Å². The summed E-state index contributed by atoms with van der Waals surface area (Å²) in [6.45, 7) is 13.4. The van der Waals surface area contributed by atoms with Crippen LogP contribution in [0, 0.1) is 0 Å². The van der Waals surface area contributed by atoms with Gasteiger partial charge in [-0.3, -0.25) is 0 Å². The average Bonchev–Trinajstić information content (AvgIpc) is 2.73. The fourth-order valence-corrected chi connectivity index (χ4v) is 1.43. The molecule has 0 saturated carbocycles. The zero-order valence-corrected chi connectivity index (χ0v) is 17.0. The molecule has 2 nitrogen and oxygen atoms in total. The molecule has 0 fully saturated rings. The first-order chi connectivity index (χ1) is 11.9. The first-order valence-corrected chi connectivity index (χ1v) is 8.97. The predicted molar refractivity (Wildman–Crippen MR) is 110 cm³/mol. The maximum atomic E-state index is 4.66. The van der Waals surface area contributed by atoms with Gasteiger partial charge in [0.1, 0.15) is 0 Å². The SMILES string of the molecule is CC.CC.CC.COCCOC.c1ccc(-c2ccccc2)cc1. The van der Waals surface area contributed by atoms with Crippen LogP contribution in [0.1, 0.15) is 41.5 Å². The van der Waals surface area contributed by atoms with Crippen molar-refractivity contribution in [1.82, 2.24) is 0 Å². The number of rotatable bonds is 4. The van der Waals surface area contributed by atoms with Crippen molar-refractivity contribution in [1.29, 1.82) is 0 Å². The van der Waals surface area contributed by atoms with Crippen LogP contribution in [0.3, 0.4) is 0 Å². The van der Waals surface area contributed by atoms with Gasteiger partial charge in [-0.1, -0.05) is 102 Å². The quantitative estimate of drug-likeness (QED) is 0.578. The lowest BCUT2D eigenvalue weighted by atomic mass is 10.1. The molecule has 0 atom stereocenters. The van der Waals surface area contributed by atoms with E-state index >= 15 is 0 Å². The first-order valence-electron chi connectivity index (χ1n) is 8.97. The molecule has 2 rings (SSSR count). The Kier molecular flexibility index (Phi) is 29.8. The molecular formula is C22H38O2. The topological polar surface area (TPSA) is 18.5 Å². The third-order valence-electron chi connectivity index (χ3n) is 2.37. The normalized spacial score (nSPS) is 7.83. The van der Waals surface area contributed by atoms with Crippen molar-refractivity contribution in [3.05, 3.63) is 60.7 Å². The van der Waals surface area contributed by atoms with E-state index in [9.17, 15) is 0 Å². The van der Waals surface area contributed by atoms with Gasteiger partial charge in [-0.25, -0.2) is 0 Å². The number of hydrogen-bond acceptors (Lipinski definition) is 2. The molecule has 0 heterocycles. The maximum Gasteiger partial charge on any atom is 0.0696 e. The molecule has 0 spiro atoms. The summed E-state index contributed by atoms with van der Waals surface area (Å²) in [6.07, 6.45) is 0. The molecule has 0 radical (unpaired) electrons. The molecule has 0 N–H and O–H groups in total. The van der Waals surface area contributed by atoms with E-state index in [-0.39, 0.29) is 0 Å². The van der Waals surface area contributed by atoms with Gasteiger partial charge in [0.2, 0.25) is 0 Å². The second kappa shape index (κ2) is 26.3. The number of ether oxygens (including phenoxy) is 2. The Hall–Kier alpha value is -1.64. The molecule has 0 bridgehead atoms. The van der Waals surface area contributed by atoms with Gasteiger partial charge in [0, 0.05) is 14.2 Å². The summed E-state index contributed by atoms with van der Waals surface area (Å²) in [6, 6.07) is 20.8. The Morgan fingerprint density at radius 3 is 0.958 bits per heavy atom. The second-order valence-electron chi connectivity index (χ2n) is 3.72. The number of hydrogen-bond donors (Lipinski definition) is 0. The van der Waals surface area contributed by atoms with Gasteiger partial charge in [0.25, 0.3) is 0 Å². The van der Waals surface area contributed by atoms with Crippen LogP contribution in [0.25, 0.3) is 11.1 Å². The molecule has 2 aromatic carbocycles. The van der Waals surface area contributed by atoms with Crippen molar-refractivity contribution in [3.8, 4) is 11.1 Å². The zero-order chi connectivity index (χ0) is 19.1. The van der Waals surface area contributed by atoms with Crippen molar-refractivity contribution in [2.24, 2.45) is 0 Å². The lowest BCUT2D eigenvalue weighted by Gasteiger charge is -1.98. The summed E-state index contributed by atoms with van der Waals surface area (Å²) in [7, 11) is 3.30. The third-order valence-corrected chi connectivity index (χ3v) is 2.37. The molecule has 2 heteroatoms. The zero-order valence-electron chi connectivity index (χ0n) is 17.0. The van der Waals surface area contributed by atoms with Gasteiger partial charge in [-0.2, -0.15) is 0 Å². The van der Waals surface area contributed by atoms with E-state index in [1.807, 2.05) is 53.7 Å². The van der Waals surface area contributed by atoms with Crippen molar-refractivity contribution in [2.45, 2.75) is 41.5 Å². The molecule has 0 aliphatic rings. The lowest BCUT2D eigenvalue weighted by molar-refractivity contribution is 0.103. The van der Waals surface area contributed by atoms with E-state index in [1.165, 1.54) is 11.1 Å². The van der Waals surface area contributed by atoms with Gasteiger partial charge < -0.3 is 9.47 Å². The summed E-state index contributed by atoms with van der Waals surface area (Å²) in [5, 5.41) is 0. The molecular weight excluding hydrogens is 296 g/mol. The van der Waals surface area contributed by atoms with Crippen molar-refractivity contribution >= 4 is 0 Å². The Balaban J connectivity index is -0.000000314. The highest BCUT2D eigenvalue weighted by Crippen LogP contribution is 2.17. The van der Waals surface area contributed by atoms with Crippen LogP contribution in [0.5, 0.6) is 0 Å². The van der Waals surface area contributed by atoms with Crippen LogP contribution < -0.4 is 0 Å². The van der Waals surface area contributed by atoms with Crippen LogP contribution in [-0.4, -0.2) is 27.4 Å². The summed E-state index contributed by atoms with van der Waals surface area (Å²) in [4.78, 5) is 0. The van der Waals surface area contributed by atoms with Crippen molar-refractivity contribution in [3.63, 3.8) is 0 Å². The van der Waals surface area contributed by atoms with Gasteiger partial charge in [-0.05, 0) is 11.1 Å². The van der Waals surface area contributed by atoms with E-state index in [0.29, 0.717) is 13.2 Å². The molecule has 24 heavy (non-hydrogen) atoms. The molecule has 0 unspecified atom stereocenters. The largest absolute Gasteiger partial charge is 0.382 e. The van der Waals surface area contributed by atoms with E-state index in [2.05, 4.69) is 58.0 Å². The van der Waals surface area contributed by atoms with Crippen LogP contribution in [-0.2, 0) is 9.47 Å². The Morgan fingerprint density at radius 2 is 0.750 bits per heavy atom. The lowest BCUT2D eigenvalue weighted by Crippen LogP contribution is -1.96.